The summed E-state index contributed by atoms with van der Waals surface area (Å²) >= 11 is 0. The standard InChI is InChI=1S/C9H11NO5S/c10-8(9(11)12)5-6-1-3-7(4-2-6)16(13,14)15/h1-4,8H,5,10H2,(H,11,12)(H,13,14,15)/t8-/m1/s1. The maximum Gasteiger partial charge on any atom is 0.320 e. The monoisotopic (exact) mass is 245 g/mol. The summed E-state index contributed by atoms with van der Waals surface area (Å²) in [5.74, 6) is -1.13. The summed E-state index contributed by atoms with van der Waals surface area (Å²) in [6.07, 6.45) is 0.0983. The van der Waals surface area contributed by atoms with Crippen LogP contribution in [0.15, 0.2) is 29.2 Å². The summed E-state index contributed by atoms with van der Waals surface area (Å²) in [5, 5.41) is 8.57. The van der Waals surface area contributed by atoms with Gasteiger partial charge in [0.25, 0.3) is 10.1 Å². The van der Waals surface area contributed by atoms with Crippen LogP contribution < -0.4 is 5.73 Å². The topological polar surface area (TPSA) is 118 Å². The Morgan fingerprint density at radius 2 is 1.81 bits per heavy atom. The molecule has 0 radical (unpaired) electrons. The molecular formula is C9H11NO5S. The van der Waals surface area contributed by atoms with Gasteiger partial charge in [-0.15, -0.1) is 0 Å². The lowest BCUT2D eigenvalue weighted by Crippen LogP contribution is -2.32. The molecule has 0 bridgehead atoms. The van der Waals surface area contributed by atoms with E-state index in [9.17, 15) is 13.2 Å². The molecule has 1 rings (SSSR count). The van der Waals surface area contributed by atoms with Gasteiger partial charge in [0.2, 0.25) is 0 Å². The molecule has 0 aliphatic rings. The van der Waals surface area contributed by atoms with Crippen LogP contribution in [0.4, 0.5) is 0 Å². The Morgan fingerprint density at radius 1 is 1.31 bits per heavy atom. The number of rotatable bonds is 4. The number of carboxylic acids is 1. The number of aliphatic carboxylic acids is 1. The molecule has 0 unspecified atom stereocenters. The van der Waals surface area contributed by atoms with Gasteiger partial charge in [0.05, 0.1) is 4.90 Å². The minimum atomic E-state index is -4.21. The van der Waals surface area contributed by atoms with Crippen LogP contribution in [0.3, 0.4) is 0 Å². The van der Waals surface area contributed by atoms with Crippen molar-refractivity contribution in [3.63, 3.8) is 0 Å². The van der Waals surface area contributed by atoms with Crippen LogP contribution in [-0.2, 0) is 21.3 Å². The fourth-order valence-corrected chi connectivity index (χ4v) is 1.62. The summed E-state index contributed by atoms with van der Waals surface area (Å²) in [6, 6.07) is 4.17. The first kappa shape index (κ1) is 12.6. The zero-order valence-electron chi connectivity index (χ0n) is 8.20. The Morgan fingerprint density at radius 3 is 2.19 bits per heavy atom. The molecule has 0 saturated carbocycles. The number of carbonyl (C=O) groups is 1. The molecule has 0 amide bonds. The maximum absolute atomic E-state index is 10.7. The van der Waals surface area contributed by atoms with Crippen LogP contribution >= 0.6 is 0 Å². The highest BCUT2D eigenvalue weighted by atomic mass is 32.2. The first-order valence-corrected chi connectivity index (χ1v) is 5.79. The van der Waals surface area contributed by atoms with Crippen LogP contribution in [-0.4, -0.2) is 30.1 Å². The summed E-state index contributed by atoms with van der Waals surface area (Å²) in [4.78, 5) is 10.2. The quantitative estimate of drug-likeness (QED) is 0.637. The van der Waals surface area contributed by atoms with E-state index in [4.69, 9.17) is 15.4 Å². The third-order valence-electron chi connectivity index (χ3n) is 1.99. The number of carboxylic acid groups (broad SMARTS) is 1. The molecular weight excluding hydrogens is 234 g/mol. The van der Waals surface area contributed by atoms with E-state index in [0.717, 1.165) is 0 Å². The highest BCUT2D eigenvalue weighted by Crippen LogP contribution is 2.11. The fraction of sp³-hybridized carbons (Fsp3) is 0.222. The molecule has 0 spiro atoms. The Balaban J connectivity index is 2.84. The Kier molecular flexibility index (Phi) is 3.63. The van der Waals surface area contributed by atoms with Crippen molar-refractivity contribution < 1.29 is 22.9 Å². The van der Waals surface area contributed by atoms with Gasteiger partial charge in [0.1, 0.15) is 6.04 Å². The minimum absolute atomic E-state index is 0.0983. The molecule has 0 saturated heterocycles. The van der Waals surface area contributed by atoms with Gasteiger partial charge in [-0.25, -0.2) is 0 Å². The highest BCUT2D eigenvalue weighted by Gasteiger charge is 2.13. The summed E-state index contributed by atoms with van der Waals surface area (Å²) < 4.78 is 30.1. The van der Waals surface area contributed by atoms with Crippen LogP contribution in [0.25, 0.3) is 0 Å². The van der Waals surface area contributed by atoms with Crippen LogP contribution in [0.5, 0.6) is 0 Å². The van der Waals surface area contributed by atoms with Crippen LogP contribution in [0.2, 0.25) is 0 Å². The first-order valence-electron chi connectivity index (χ1n) is 4.35. The SMILES string of the molecule is N[C@H](Cc1ccc(S(=O)(=O)O)cc1)C(=O)O. The number of nitrogens with two attached hydrogens (primary N) is 1. The molecule has 0 aliphatic carbocycles. The van der Waals surface area contributed by atoms with Crippen molar-refractivity contribution in [3.05, 3.63) is 29.8 Å². The highest BCUT2D eigenvalue weighted by molar-refractivity contribution is 7.85. The zero-order chi connectivity index (χ0) is 12.3. The van der Waals surface area contributed by atoms with Crippen molar-refractivity contribution in [1.29, 1.82) is 0 Å². The summed E-state index contributed by atoms with van der Waals surface area (Å²) in [6.45, 7) is 0. The molecule has 6 nitrogen and oxygen atoms in total. The van der Waals surface area contributed by atoms with Gasteiger partial charge >= 0.3 is 5.97 Å². The van der Waals surface area contributed by atoms with Gasteiger partial charge in [-0.2, -0.15) is 8.42 Å². The zero-order valence-corrected chi connectivity index (χ0v) is 9.02. The van der Waals surface area contributed by atoms with E-state index in [2.05, 4.69) is 0 Å². The van der Waals surface area contributed by atoms with Gasteiger partial charge in [0, 0.05) is 0 Å². The average Bonchev–Trinajstić information content (AvgIpc) is 2.17. The summed E-state index contributed by atoms with van der Waals surface area (Å²) in [5.41, 5.74) is 5.89. The second-order valence-corrected chi connectivity index (χ2v) is 4.69. The van der Waals surface area contributed by atoms with Crippen LogP contribution in [0, 0.1) is 0 Å². The number of hydrogen-bond acceptors (Lipinski definition) is 4. The second-order valence-electron chi connectivity index (χ2n) is 3.27. The van der Waals surface area contributed by atoms with E-state index in [1.165, 1.54) is 24.3 Å². The second kappa shape index (κ2) is 4.60. The molecule has 1 atom stereocenters. The Hall–Kier alpha value is -1.44. The predicted octanol–water partition coefficient (Wildman–Crippen LogP) is -0.112. The molecule has 7 heteroatoms. The first-order chi connectivity index (χ1) is 7.30. The predicted molar refractivity (Wildman–Crippen MR) is 55.6 cm³/mol. The molecule has 0 fully saturated rings. The van der Waals surface area contributed by atoms with E-state index in [1.807, 2.05) is 0 Å². The third-order valence-corrected chi connectivity index (χ3v) is 2.86. The van der Waals surface area contributed by atoms with Gasteiger partial charge in [-0.1, -0.05) is 12.1 Å². The summed E-state index contributed by atoms with van der Waals surface area (Å²) in [7, 11) is -4.21. The lowest BCUT2D eigenvalue weighted by atomic mass is 10.1. The van der Waals surface area contributed by atoms with E-state index in [-0.39, 0.29) is 11.3 Å². The molecule has 0 heterocycles. The van der Waals surface area contributed by atoms with Crippen LogP contribution in [0.1, 0.15) is 5.56 Å². The Bertz CT molecular complexity index is 479. The normalized spacial score (nSPS) is 13.4. The van der Waals surface area contributed by atoms with E-state index < -0.39 is 22.1 Å². The van der Waals surface area contributed by atoms with Gasteiger partial charge in [-0.3, -0.25) is 9.35 Å². The molecule has 1 aromatic rings. The van der Waals surface area contributed by atoms with Gasteiger partial charge < -0.3 is 10.8 Å². The maximum atomic E-state index is 10.7. The number of benzene rings is 1. The molecule has 88 valence electrons. The Labute approximate surface area is 92.5 Å². The molecule has 16 heavy (non-hydrogen) atoms. The third kappa shape index (κ3) is 3.30. The number of hydrogen-bond donors (Lipinski definition) is 3. The van der Waals surface area contributed by atoms with E-state index in [0.29, 0.717) is 5.56 Å². The lowest BCUT2D eigenvalue weighted by Gasteiger charge is -2.06. The molecule has 4 N–H and O–H groups in total. The fourth-order valence-electron chi connectivity index (χ4n) is 1.14. The largest absolute Gasteiger partial charge is 0.480 e. The van der Waals surface area contributed by atoms with E-state index >= 15 is 0 Å². The molecule has 0 aliphatic heterocycles. The van der Waals surface area contributed by atoms with Gasteiger partial charge in [0.15, 0.2) is 0 Å². The molecule has 0 aromatic heterocycles. The van der Waals surface area contributed by atoms with Crippen molar-refractivity contribution in [2.45, 2.75) is 17.4 Å². The molecule has 1 aromatic carbocycles. The van der Waals surface area contributed by atoms with Crippen molar-refractivity contribution >= 4 is 16.1 Å². The van der Waals surface area contributed by atoms with Crippen molar-refractivity contribution in [1.82, 2.24) is 0 Å². The van der Waals surface area contributed by atoms with E-state index in [1.54, 1.807) is 0 Å². The lowest BCUT2D eigenvalue weighted by molar-refractivity contribution is -0.138. The van der Waals surface area contributed by atoms with Crippen molar-refractivity contribution in [2.75, 3.05) is 0 Å². The van der Waals surface area contributed by atoms with Gasteiger partial charge in [-0.05, 0) is 24.1 Å². The average molecular weight is 245 g/mol. The van der Waals surface area contributed by atoms with Crippen molar-refractivity contribution in [3.8, 4) is 0 Å². The smallest absolute Gasteiger partial charge is 0.320 e. The van der Waals surface area contributed by atoms with Crippen molar-refractivity contribution in [2.24, 2.45) is 5.73 Å². The minimum Gasteiger partial charge on any atom is -0.480 e.